The molecule has 3 rings (SSSR count). The molecular weight excluding hydrogens is 284 g/mol. The molecule has 0 radical (unpaired) electrons. The molecule has 1 aromatic heterocycles. The van der Waals surface area contributed by atoms with Crippen LogP contribution in [0.1, 0.15) is 24.1 Å². The lowest BCUT2D eigenvalue weighted by Gasteiger charge is -2.53. The maximum absolute atomic E-state index is 12.5. The molecule has 1 aromatic rings. The number of likely N-dealkylation sites (tertiary alicyclic amines) is 2. The smallest absolute Gasteiger partial charge is 0.227 e. The van der Waals surface area contributed by atoms with Gasteiger partial charge in [-0.3, -0.25) is 4.79 Å². The Morgan fingerprint density at radius 3 is 3.05 bits per heavy atom. The summed E-state index contributed by atoms with van der Waals surface area (Å²) >= 11 is 1.64. The number of fused-ring (bicyclic) bond motifs is 1. The van der Waals surface area contributed by atoms with Crippen molar-refractivity contribution in [1.82, 2.24) is 9.80 Å². The summed E-state index contributed by atoms with van der Waals surface area (Å²) in [6.07, 6.45) is 3.68. The number of aliphatic hydroxyl groups is 1. The molecular formula is C16H24N2O2S. The summed E-state index contributed by atoms with van der Waals surface area (Å²) in [6.45, 7) is 2.87. The molecule has 116 valence electrons. The first-order valence-electron chi connectivity index (χ1n) is 7.76. The Hall–Kier alpha value is -0.910. The maximum atomic E-state index is 12.5. The van der Waals surface area contributed by atoms with E-state index in [2.05, 4.69) is 11.9 Å². The van der Waals surface area contributed by atoms with Crippen LogP contribution in [0.15, 0.2) is 17.5 Å². The van der Waals surface area contributed by atoms with E-state index < -0.39 is 0 Å². The largest absolute Gasteiger partial charge is 0.396 e. The number of thiophene rings is 1. The van der Waals surface area contributed by atoms with Crippen molar-refractivity contribution in [2.24, 2.45) is 5.41 Å². The van der Waals surface area contributed by atoms with Crippen molar-refractivity contribution in [2.45, 2.75) is 31.7 Å². The van der Waals surface area contributed by atoms with E-state index in [0.717, 1.165) is 43.8 Å². The zero-order valence-electron chi connectivity index (χ0n) is 12.6. The summed E-state index contributed by atoms with van der Waals surface area (Å²) < 4.78 is 0. The summed E-state index contributed by atoms with van der Waals surface area (Å²) in [4.78, 5) is 18.0. The second kappa shape index (κ2) is 6.07. The number of nitrogens with zero attached hydrogens (tertiary/aromatic N) is 2. The fourth-order valence-corrected chi connectivity index (χ4v) is 4.61. The SMILES string of the molecule is CN1CCC[C@]2(CO)CCN(C(=O)Cc3cccs3)C[C@@H]12. The van der Waals surface area contributed by atoms with Crippen molar-refractivity contribution >= 4 is 17.2 Å². The van der Waals surface area contributed by atoms with E-state index in [1.165, 1.54) is 0 Å². The van der Waals surface area contributed by atoms with E-state index in [4.69, 9.17) is 0 Å². The maximum Gasteiger partial charge on any atom is 0.227 e. The number of likely N-dealkylation sites (N-methyl/N-ethyl adjacent to an activating group) is 1. The monoisotopic (exact) mass is 308 g/mol. The number of hydrogen-bond donors (Lipinski definition) is 1. The minimum absolute atomic E-state index is 0.00666. The Balaban J connectivity index is 1.69. The highest BCUT2D eigenvalue weighted by Crippen LogP contribution is 2.41. The molecule has 0 aromatic carbocycles. The molecule has 1 N–H and O–H groups in total. The van der Waals surface area contributed by atoms with Crippen molar-refractivity contribution in [3.63, 3.8) is 0 Å². The fourth-order valence-electron chi connectivity index (χ4n) is 3.92. The van der Waals surface area contributed by atoms with Gasteiger partial charge in [-0.2, -0.15) is 0 Å². The van der Waals surface area contributed by atoms with Crippen LogP contribution in [0.3, 0.4) is 0 Å². The Labute approximate surface area is 130 Å². The van der Waals surface area contributed by atoms with Crippen LogP contribution >= 0.6 is 11.3 Å². The lowest BCUT2D eigenvalue weighted by Crippen LogP contribution is -2.62. The average molecular weight is 308 g/mol. The summed E-state index contributed by atoms with van der Waals surface area (Å²) in [6, 6.07) is 4.32. The molecule has 2 fully saturated rings. The van der Waals surface area contributed by atoms with Gasteiger partial charge in [-0.25, -0.2) is 0 Å². The normalized spacial score (nSPS) is 30.2. The topological polar surface area (TPSA) is 43.8 Å². The van der Waals surface area contributed by atoms with Gasteiger partial charge < -0.3 is 14.9 Å². The van der Waals surface area contributed by atoms with Crippen molar-refractivity contribution in [1.29, 1.82) is 0 Å². The van der Waals surface area contributed by atoms with E-state index in [1.807, 2.05) is 22.4 Å². The van der Waals surface area contributed by atoms with Gasteiger partial charge in [0.1, 0.15) is 0 Å². The molecule has 1 amide bonds. The average Bonchev–Trinajstić information content (AvgIpc) is 3.00. The van der Waals surface area contributed by atoms with Crippen LogP contribution in [-0.2, 0) is 11.2 Å². The minimum atomic E-state index is 0.00666. The highest BCUT2D eigenvalue weighted by molar-refractivity contribution is 7.10. The third-order valence-electron chi connectivity index (χ3n) is 5.27. The quantitative estimate of drug-likeness (QED) is 0.922. The molecule has 21 heavy (non-hydrogen) atoms. The van der Waals surface area contributed by atoms with Crippen LogP contribution in [-0.4, -0.2) is 60.1 Å². The number of piperidine rings is 2. The predicted molar refractivity (Wildman–Crippen MR) is 84.4 cm³/mol. The molecule has 0 spiro atoms. The summed E-state index contributed by atoms with van der Waals surface area (Å²) in [5.41, 5.74) is 0.00666. The van der Waals surface area contributed by atoms with Gasteiger partial charge in [-0.15, -0.1) is 11.3 Å². The standard InChI is InChI=1S/C16H24N2O2S/c1-17-7-3-5-16(12-19)6-8-18(11-14(16)17)15(20)10-13-4-2-9-21-13/h2,4,9,14,19H,3,5-8,10-12H2,1H3/t14-,16-/m1/s1. The molecule has 2 aliphatic heterocycles. The minimum Gasteiger partial charge on any atom is -0.396 e. The zero-order valence-corrected chi connectivity index (χ0v) is 13.4. The Morgan fingerprint density at radius 1 is 1.48 bits per heavy atom. The highest BCUT2D eigenvalue weighted by atomic mass is 32.1. The number of rotatable bonds is 3. The van der Waals surface area contributed by atoms with Crippen molar-refractivity contribution < 1.29 is 9.90 Å². The Kier molecular flexibility index (Phi) is 4.33. The molecule has 2 atom stereocenters. The van der Waals surface area contributed by atoms with E-state index in [0.29, 0.717) is 12.5 Å². The van der Waals surface area contributed by atoms with Crippen LogP contribution in [0.4, 0.5) is 0 Å². The predicted octanol–water partition coefficient (Wildman–Crippen LogP) is 1.60. The molecule has 4 nitrogen and oxygen atoms in total. The van der Waals surface area contributed by atoms with Gasteiger partial charge >= 0.3 is 0 Å². The Bertz CT molecular complexity index is 490. The molecule has 3 heterocycles. The lowest BCUT2D eigenvalue weighted by atomic mass is 9.69. The first-order valence-corrected chi connectivity index (χ1v) is 8.64. The number of aliphatic hydroxyl groups excluding tert-OH is 1. The summed E-state index contributed by atoms with van der Waals surface area (Å²) in [7, 11) is 2.13. The molecule has 0 bridgehead atoms. The van der Waals surface area contributed by atoms with Crippen molar-refractivity contribution in [3.8, 4) is 0 Å². The van der Waals surface area contributed by atoms with Gasteiger partial charge in [0.15, 0.2) is 0 Å². The van der Waals surface area contributed by atoms with Crippen LogP contribution in [0.2, 0.25) is 0 Å². The van der Waals surface area contributed by atoms with Gasteiger partial charge in [0.05, 0.1) is 13.0 Å². The summed E-state index contributed by atoms with van der Waals surface area (Å²) in [5.74, 6) is 0.225. The van der Waals surface area contributed by atoms with Crippen molar-refractivity contribution in [2.75, 3.05) is 33.3 Å². The first kappa shape index (κ1) is 15.0. The second-order valence-electron chi connectivity index (χ2n) is 6.47. The third kappa shape index (κ3) is 2.87. The first-order chi connectivity index (χ1) is 10.1. The van der Waals surface area contributed by atoms with Crippen LogP contribution in [0.25, 0.3) is 0 Å². The highest BCUT2D eigenvalue weighted by Gasteiger charge is 2.47. The van der Waals surface area contributed by atoms with Gasteiger partial charge in [-0.05, 0) is 44.3 Å². The molecule has 0 saturated carbocycles. The van der Waals surface area contributed by atoms with Crippen LogP contribution < -0.4 is 0 Å². The van der Waals surface area contributed by atoms with Gasteiger partial charge in [0.2, 0.25) is 5.91 Å². The fraction of sp³-hybridized carbons (Fsp3) is 0.688. The molecule has 2 saturated heterocycles. The summed E-state index contributed by atoms with van der Waals surface area (Å²) in [5, 5.41) is 11.9. The van der Waals surface area contributed by atoms with Gasteiger partial charge in [-0.1, -0.05) is 6.07 Å². The third-order valence-corrected chi connectivity index (χ3v) is 6.15. The Morgan fingerprint density at radius 2 is 2.33 bits per heavy atom. The lowest BCUT2D eigenvalue weighted by molar-refractivity contribution is -0.139. The number of hydrogen-bond acceptors (Lipinski definition) is 4. The second-order valence-corrected chi connectivity index (χ2v) is 7.50. The number of carbonyl (C=O) groups excluding carboxylic acids is 1. The van der Waals surface area contributed by atoms with Crippen LogP contribution in [0.5, 0.6) is 0 Å². The number of carbonyl (C=O) groups is 1. The molecule has 0 aliphatic carbocycles. The molecule has 2 aliphatic rings. The van der Waals surface area contributed by atoms with E-state index in [1.54, 1.807) is 11.3 Å². The molecule has 5 heteroatoms. The zero-order chi connectivity index (χ0) is 14.9. The van der Waals surface area contributed by atoms with E-state index in [9.17, 15) is 9.90 Å². The molecule has 0 unspecified atom stereocenters. The van der Waals surface area contributed by atoms with E-state index >= 15 is 0 Å². The van der Waals surface area contributed by atoms with Gasteiger partial charge in [0, 0.05) is 29.4 Å². The van der Waals surface area contributed by atoms with Gasteiger partial charge in [0.25, 0.3) is 0 Å². The number of amides is 1. The van der Waals surface area contributed by atoms with Crippen LogP contribution in [0, 0.1) is 5.41 Å². The van der Waals surface area contributed by atoms with E-state index in [-0.39, 0.29) is 17.9 Å². The van der Waals surface area contributed by atoms with Crippen molar-refractivity contribution in [3.05, 3.63) is 22.4 Å².